The number of benzene rings is 4. The molecule has 4 bridgehead atoms. The van der Waals surface area contributed by atoms with Crippen LogP contribution in [0.1, 0.15) is 26.7 Å². The number of rotatable bonds is 7. The zero-order chi connectivity index (χ0) is 34.6. The molecular weight excluding hydrogens is 769 g/mol. The van der Waals surface area contributed by atoms with E-state index < -0.39 is 26.1 Å². The molecule has 0 amide bonds. The van der Waals surface area contributed by atoms with Crippen LogP contribution >= 0.6 is 15.8 Å². The Bertz CT molecular complexity index is 1420. The fourth-order valence-corrected chi connectivity index (χ4v) is 12.8. The summed E-state index contributed by atoms with van der Waals surface area (Å²) in [7, 11) is -5.84. The molecule has 0 N–H and O–H groups in total. The number of fused-ring (bicyclic) bond motifs is 4. The standard InChI is InChI=1S/C28H28P2.2C7H8.ClHO4.Rh/c1-23(29(25-15-7-3-8-16-25)26-17-9-4-10-18-26)24(2)30(27-19-11-5-12-20-27)28-21-13-6-14-22-28;2*1-2-7-4-3-6(1)5-7;2-1(3,4)5;/h3-24H,1-2H3;2*1-4,6-7H,5H2;(H,2,3,4,5);/p-1/t23-,24-;;;;/m0..../s1. The van der Waals surface area contributed by atoms with E-state index in [-0.39, 0.29) is 19.5 Å². The summed E-state index contributed by atoms with van der Waals surface area (Å²) in [6.45, 7) is 4.94. The Hall–Kier alpha value is -2.55. The maximum absolute atomic E-state index is 8.49. The summed E-state index contributed by atoms with van der Waals surface area (Å²) >= 11 is 0. The Morgan fingerprint density at radius 3 is 0.740 bits per heavy atom. The molecule has 0 fully saturated rings. The summed E-state index contributed by atoms with van der Waals surface area (Å²) in [5, 5.41) is 5.87. The van der Waals surface area contributed by atoms with E-state index in [0.717, 1.165) is 23.7 Å². The first-order valence-electron chi connectivity index (χ1n) is 16.8. The second-order valence-electron chi connectivity index (χ2n) is 12.6. The van der Waals surface area contributed by atoms with Crippen molar-refractivity contribution < 1.29 is 48.4 Å². The van der Waals surface area contributed by atoms with Gasteiger partial charge in [0.05, 0.1) is 0 Å². The summed E-state index contributed by atoms with van der Waals surface area (Å²) in [5.74, 6) is 3.24. The first-order chi connectivity index (χ1) is 23.7. The molecule has 0 heterocycles. The molecule has 4 aliphatic carbocycles. The average Bonchev–Trinajstić information content (AvgIpc) is 3.96. The van der Waals surface area contributed by atoms with Crippen LogP contribution in [0, 0.1) is 33.9 Å². The topological polar surface area (TPSA) is 92.2 Å². The maximum atomic E-state index is 8.49. The van der Waals surface area contributed by atoms with Crippen LogP contribution in [0.5, 0.6) is 0 Å². The van der Waals surface area contributed by atoms with Crippen molar-refractivity contribution in [3.8, 4) is 0 Å². The predicted octanol–water partition coefficient (Wildman–Crippen LogP) is 4.77. The second kappa shape index (κ2) is 19.9. The second-order valence-corrected chi connectivity index (χ2v) is 18.5. The summed E-state index contributed by atoms with van der Waals surface area (Å²) in [4.78, 5) is 0. The largest absolute Gasteiger partial charge is 0.222 e. The first kappa shape index (κ1) is 40.2. The molecule has 4 aromatic rings. The van der Waals surface area contributed by atoms with Gasteiger partial charge in [0.15, 0.2) is 0 Å². The molecule has 2 atom stereocenters. The Morgan fingerprint density at radius 2 is 0.600 bits per heavy atom. The molecule has 8 rings (SSSR count). The molecule has 263 valence electrons. The summed E-state index contributed by atoms with van der Waals surface area (Å²) < 4.78 is 34.0. The maximum Gasteiger partial charge on any atom is 0 e. The van der Waals surface area contributed by atoms with Gasteiger partial charge in [0.2, 0.25) is 0 Å². The minimum atomic E-state index is -4.94. The van der Waals surface area contributed by atoms with Crippen molar-refractivity contribution in [3.05, 3.63) is 170 Å². The Balaban J connectivity index is 0.000000224. The van der Waals surface area contributed by atoms with E-state index >= 15 is 0 Å². The quantitative estimate of drug-likeness (QED) is 0.153. The summed E-state index contributed by atoms with van der Waals surface area (Å²) in [6, 6.07) is 44.5. The molecule has 0 saturated carbocycles. The zero-order valence-corrected chi connectivity index (χ0v) is 32.5. The number of hydrogen-bond donors (Lipinski definition) is 0. The molecule has 0 saturated heterocycles. The van der Waals surface area contributed by atoms with Crippen LogP contribution in [0.25, 0.3) is 0 Å². The van der Waals surface area contributed by atoms with Crippen molar-refractivity contribution in [2.24, 2.45) is 23.7 Å². The van der Waals surface area contributed by atoms with E-state index in [4.69, 9.17) is 18.6 Å². The molecule has 0 unspecified atom stereocenters. The number of halogens is 1. The fourth-order valence-electron chi connectivity index (χ4n) is 6.68. The van der Waals surface area contributed by atoms with Gasteiger partial charge < -0.3 is 0 Å². The monoisotopic (exact) mass is 812 g/mol. The van der Waals surface area contributed by atoms with Gasteiger partial charge in [-0.1, -0.05) is 184 Å². The van der Waals surface area contributed by atoms with Gasteiger partial charge in [0, 0.05) is 19.5 Å². The van der Waals surface area contributed by atoms with Gasteiger partial charge in [-0.2, -0.15) is 0 Å². The van der Waals surface area contributed by atoms with Crippen LogP contribution in [0.15, 0.2) is 170 Å². The van der Waals surface area contributed by atoms with E-state index in [2.05, 4.69) is 184 Å². The van der Waals surface area contributed by atoms with E-state index in [1.807, 2.05) is 0 Å². The number of hydrogen-bond acceptors (Lipinski definition) is 4. The molecule has 1 radical (unpaired) electrons. The van der Waals surface area contributed by atoms with Crippen molar-refractivity contribution in [2.75, 3.05) is 0 Å². The minimum absolute atomic E-state index is 0. The van der Waals surface area contributed by atoms with E-state index in [0.29, 0.717) is 11.3 Å². The van der Waals surface area contributed by atoms with Gasteiger partial charge in [0.1, 0.15) is 0 Å². The summed E-state index contributed by atoms with van der Waals surface area (Å²) in [5.41, 5.74) is 1.10. The Kier molecular flexibility index (Phi) is 16.0. The molecule has 8 heteroatoms. The smallest absolute Gasteiger partial charge is 0 e. The van der Waals surface area contributed by atoms with Crippen LogP contribution in [-0.4, -0.2) is 11.3 Å². The molecule has 4 aromatic carbocycles. The van der Waals surface area contributed by atoms with Gasteiger partial charge in [-0.05, 0) is 84.9 Å². The molecule has 0 aromatic heterocycles. The fraction of sp³-hybridized carbons (Fsp3) is 0.238. The van der Waals surface area contributed by atoms with E-state index in [1.165, 1.54) is 34.1 Å². The van der Waals surface area contributed by atoms with Crippen LogP contribution in [0.2, 0.25) is 0 Å². The normalized spacial score (nSPS) is 21.4. The minimum Gasteiger partial charge on any atom is -0.222 e. The number of allylic oxidation sites excluding steroid dienone is 8. The molecule has 4 nitrogen and oxygen atoms in total. The molecule has 4 aliphatic rings. The van der Waals surface area contributed by atoms with Gasteiger partial charge in [-0.3, -0.25) is 0 Å². The molecular formula is C42H44ClO4P2Rh-. The zero-order valence-electron chi connectivity index (χ0n) is 28.3. The van der Waals surface area contributed by atoms with Crippen molar-refractivity contribution in [1.82, 2.24) is 0 Å². The predicted molar refractivity (Wildman–Crippen MR) is 197 cm³/mol. The van der Waals surface area contributed by atoms with Crippen LogP contribution in [-0.2, 0) is 19.5 Å². The average molecular weight is 813 g/mol. The Labute approximate surface area is 315 Å². The van der Waals surface area contributed by atoms with E-state index in [1.54, 1.807) is 0 Å². The van der Waals surface area contributed by atoms with Crippen LogP contribution < -0.4 is 39.9 Å². The third kappa shape index (κ3) is 12.3. The molecule has 0 spiro atoms. The third-order valence-corrected chi connectivity index (χ3v) is 15.3. The third-order valence-electron chi connectivity index (χ3n) is 9.16. The van der Waals surface area contributed by atoms with Crippen LogP contribution in [0.4, 0.5) is 0 Å². The van der Waals surface area contributed by atoms with Crippen molar-refractivity contribution in [2.45, 2.75) is 38.0 Å². The van der Waals surface area contributed by atoms with Gasteiger partial charge in [-0.25, -0.2) is 18.6 Å². The Morgan fingerprint density at radius 1 is 0.420 bits per heavy atom. The molecule has 50 heavy (non-hydrogen) atoms. The van der Waals surface area contributed by atoms with Crippen molar-refractivity contribution >= 4 is 37.1 Å². The summed E-state index contributed by atoms with van der Waals surface area (Å²) in [6.07, 6.45) is 21.1. The van der Waals surface area contributed by atoms with E-state index in [9.17, 15) is 0 Å². The van der Waals surface area contributed by atoms with Gasteiger partial charge in [-0.15, -0.1) is 10.2 Å². The van der Waals surface area contributed by atoms with Crippen LogP contribution in [0.3, 0.4) is 0 Å². The van der Waals surface area contributed by atoms with Gasteiger partial charge in [0.25, 0.3) is 0 Å². The SMILES string of the molecule is C1=CC2C=CC1C2.C1=CC2C=CC1C2.C[C@@H]([C@H](C)P(c1ccccc1)c1ccccc1)P(c1ccccc1)c1ccccc1.[O-][Cl+3]([O-])([O-])[O-].[Rh]. The van der Waals surface area contributed by atoms with Crippen molar-refractivity contribution in [3.63, 3.8) is 0 Å². The van der Waals surface area contributed by atoms with Crippen molar-refractivity contribution in [1.29, 1.82) is 0 Å². The molecule has 0 aliphatic heterocycles. The van der Waals surface area contributed by atoms with Gasteiger partial charge >= 0.3 is 0 Å². The first-order valence-corrected chi connectivity index (χ1v) is 20.8.